The van der Waals surface area contributed by atoms with Crippen LogP contribution in [0.1, 0.15) is 0 Å². The Morgan fingerprint density at radius 1 is 1.33 bits per heavy atom. The Bertz CT molecular complexity index is 387. The molecule has 0 aliphatic heterocycles. The summed E-state index contributed by atoms with van der Waals surface area (Å²) in [4.78, 5) is 4.18. The summed E-state index contributed by atoms with van der Waals surface area (Å²) in [5.41, 5.74) is 0.922. The maximum Gasteiger partial charge on any atom is 0.0717 e. The Labute approximate surface area is 83.5 Å². The minimum Gasteiger partial charge on any atom is -0.256 e. The fourth-order valence-corrected chi connectivity index (χ4v) is 1.59. The van der Waals surface area contributed by atoms with E-state index < -0.39 is 0 Å². The highest BCUT2D eigenvalue weighted by molar-refractivity contribution is 9.10. The van der Waals surface area contributed by atoms with Crippen LogP contribution in [0.4, 0.5) is 0 Å². The van der Waals surface area contributed by atoms with E-state index in [1.165, 1.54) is 0 Å². The van der Waals surface area contributed by atoms with Crippen molar-refractivity contribution in [1.82, 2.24) is 4.98 Å². The molecule has 0 aliphatic rings. The van der Waals surface area contributed by atoms with Crippen LogP contribution in [0.3, 0.4) is 0 Å². The second-order valence-corrected chi connectivity index (χ2v) is 3.72. The second kappa shape index (κ2) is 3.04. The van der Waals surface area contributed by atoms with Crippen molar-refractivity contribution in [3.8, 4) is 0 Å². The fourth-order valence-electron chi connectivity index (χ4n) is 1.07. The van der Waals surface area contributed by atoms with E-state index >= 15 is 0 Å². The van der Waals surface area contributed by atoms with Crippen molar-refractivity contribution in [1.29, 1.82) is 0 Å². The van der Waals surface area contributed by atoms with E-state index in [-0.39, 0.29) is 0 Å². The first-order valence-electron chi connectivity index (χ1n) is 3.47. The molecule has 0 saturated carbocycles. The molecule has 0 bridgehead atoms. The zero-order valence-electron chi connectivity index (χ0n) is 6.09. The molecule has 1 heterocycles. The third-order valence-electron chi connectivity index (χ3n) is 1.65. The quantitative estimate of drug-likeness (QED) is 0.687. The third-order valence-corrected chi connectivity index (χ3v) is 2.84. The largest absolute Gasteiger partial charge is 0.256 e. The summed E-state index contributed by atoms with van der Waals surface area (Å²) in [5, 5.41) is 1.79. The van der Waals surface area contributed by atoms with Crippen LogP contribution in [0.15, 0.2) is 34.9 Å². The lowest BCUT2D eigenvalue weighted by atomic mass is 10.2. The van der Waals surface area contributed by atoms with Crippen LogP contribution < -0.4 is 0 Å². The van der Waals surface area contributed by atoms with Gasteiger partial charge in [-0.2, -0.15) is 0 Å². The van der Waals surface area contributed by atoms with Gasteiger partial charge >= 0.3 is 0 Å². The van der Waals surface area contributed by atoms with Crippen LogP contribution in [-0.2, 0) is 0 Å². The second-order valence-electron chi connectivity index (χ2n) is 2.46. The Balaban J connectivity index is 2.84. The molecule has 1 aromatic heterocycles. The summed E-state index contributed by atoms with van der Waals surface area (Å²) in [5.74, 6) is 0. The van der Waals surface area contributed by atoms with Gasteiger partial charge in [0.25, 0.3) is 0 Å². The van der Waals surface area contributed by atoms with Gasteiger partial charge in [-0.25, -0.2) is 0 Å². The first kappa shape index (κ1) is 8.02. The van der Waals surface area contributed by atoms with Gasteiger partial charge in [0.2, 0.25) is 0 Å². The molecule has 60 valence electrons. The number of rotatable bonds is 0. The van der Waals surface area contributed by atoms with Crippen LogP contribution in [0.5, 0.6) is 0 Å². The van der Waals surface area contributed by atoms with Crippen molar-refractivity contribution in [3.63, 3.8) is 0 Å². The number of fused-ring (bicyclic) bond motifs is 1. The number of pyridine rings is 1. The lowest BCUT2D eigenvalue weighted by Gasteiger charge is -1.98. The average Bonchev–Trinajstić information content (AvgIpc) is 2.07. The van der Waals surface area contributed by atoms with Crippen molar-refractivity contribution in [2.45, 2.75) is 0 Å². The van der Waals surface area contributed by atoms with Crippen molar-refractivity contribution in [2.24, 2.45) is 0 Å². The van der Waals surface area contributed by atoms with E-state index in [0.717, 1.165) is 15.4 Å². The van der Waals surface area contributed by atoms with Crippen LogP contribution in [0.2, 0.25) is 5.02 Å². The smallest absolute Gasteiger partial charge is 0.0717 e. The van der Waals surface area contributed by atoms with Gasteiger partial charge in [-0.15, -0.1) is 0 Å². The fraction of sp³-hybridized carbons (Fsp3) is 0. The Hall–Kier alpha value is -0.600. The molecule has 1 aromatic carbocycles. The lowest BCUT2D eigenvalue weighted by Crippen LogP contribution is -1.77. The molecule has 1 nitrogen and oxygen atoms in total. The number of hydrogen-bond donors (Lipinski definition) is 0. The molecule has 0 unspecified atom stereocenters. The summed E-state index contributed by atoms with van der Waals surface area (Å²) >= 11 is 9.26. The molecular formula is C9H5BrClN. The summed E-state index contributed by atoms with van der Waals surface area (Å²) in [6.45, 7) is 0. The van der Waals surface area contributed by atoms with Gasteiger partial charge in [-0.3, -0.25) is 4.98 Å². The Kier molecular flexibility index (Phi) is 2.03. The van der Waals surface area contributed by atoms with Crippen LogP contribution >= 0.6 is 27.5 Å². The molecule has 3 heteroatoms. The topological polar surface area (TPSA) is 12.9 Å². The molecule has 0 amide bonds. The average molecular weight is 243 g/mol. The number of nitrogens with zero attached hydrogens (tertiary/aromatic N) is 1. The van der Waals surface area contributed by atoms with Gasteiger partial charge in [0.1, 0.15) is 0 Å². The molecule has 2 aromatic rings. The Morgan fingerprint density at radius 2 is 2.17 bits per heavy atom. The van der Waals surface area contributed by atoms with Gasteiger partial charge in [0, 0.05) is 16.1 Å². The molecule has 0 atom stereocenters. The van der Waals surface area contributed by atoms with Crippen molar-refractivity contribution < 1.29 is 0 Å². The van der Waals surface area contributed by atoms with Gasteiger partial charge < -0.3 is 0 Å². The highest BCUT2D eigenvalue weighted by atomic mass is 79.9. The molecule has 12 heavy (non-hydrogen) atoms. The van der Waals surface area contributed by atoms with Crippen LogP contribution in [-0.4, -0.2) is 4.98 Å². The minimum atomic E-state index is 0.696. The SMILES string of the molecule is Clc1cc2ncccc2cc1Br. The summed E-state index contributed by atoms with van der Waals surface area (Å²) < 4.78 is 0.907. The van der Waals surface area contributed by atoms with Crippen LogP contribution in [0.25, 0.3) is 10.9 Å². The van der Waals surface area contributed by atoms with Crippen molar-refractivity contribution in [3.05, 3.63) is 40.0 Å². The van der Waals surface area contributed by atoms with Gasteiger partial charge in [-0.05, 0) is 34.1 Å². The third kappa shape index (κ3) is 1.32. The molecule has 0 N–H and O–H groups in total. The summed E-state index contributed by atoms with van der Waals surface area (Å²) in [6, 6.07) is 7.72. The van der Waals surface area contributed by atoms with Crippen molar-refractivity contribution >= 4 is 38.4 Å². The highest BCUT2D eigenvalue weighted by Crippen LogP contribution is 2.26. The molecule has 0 fully saturated rings. The molecule has 0 aliphatic carbocycles. The minimum absolute atomic E-state index is 0.696. The first-order valence-corrected chi connectivity index (χ1v) is 4.64. The number of aromatic nitrogens is 1. The predicted molar refractivity (Wildman–Crippen MR) is 54.5 cm³/mol. The van der Waals surface area contributed by atoms with E-state index in [0.29, 0.717) is 5.02 Å². The number of hydrogen-bond acceptors (Lipinski definition) is 1. The van der Waals surface area contributed by atoms with Gasteiger partial charge in [-0.1, -0.05) is 17.7 Å². The number of benzene rings is 1. The van der Waals surface area contributed by atoms with Crippen LogP contribution in [0, 0.1) is 0 Å². The maximum atomic E-state index is 5.90. The standard InChI is InChI=1S/C9H5BrClN/c10-7-4-6-2-1-3-12-9(6)5-8(7)11/h1-5H. The van der Waals surface area contributed by atoms with E-state index in [2.05, 4.69) is 20.9 Å². The summed E-state index contributed by atoms with van der Waals surface area (Å²) in [7, 11) is 0. The van der Waals surface area contributed by atoms with Gasteiger partial charge in [0.15, 0.2) is 0 Å². The highest BCUT2D eigenvalue weighted by Gasteiger charge is 1.99. The van der Waals surface area contributed by atoms with E-state index in [4.69, 9.17) is 11.6 Å². The van der Waals surface area contributed by atoms with Gasteiger partial charge in [0.05, 0.1) is 10.5 Å². The predicted octanol–water partition coefficient (Wildman–Crippen LogP) is 3.65. The monoisotopic (exact) mass is 241 g/mol. The maximum absolute atomic E-state index is 5.90. The van der Waals surface area contributed by atoms with E-state index in [9.17, 15) is 0 Å². The lowest BCUT2D eigenvalue weighted by molar-refractivity contribution is 1.41. The molecule has 2 rings (SSSR count). The molecule has 0 spiro atoms. The normalized spacial score (nSPS) is 10.5. The first-order chi connectivity index (χ1) is 5.77. The summed E-state index contributed by atoms with van der Waals surface area (Å²) in [6.07, 6.45) is 1.76. The Morgan fingerprint density at radius 3 is 3.00 bits per heavy atom. The molecule has 0 radical (unpaired) electrons. The van der Waals surface area contributed by atoms with E-state index in [1.54, 1.807) is 6.20 Å². The number of halogens is 2. The van der Waals surface area contributed by atoms with Crippen molar-refractivity contribution in [2.75, 3.05) is 0 Å². The zero-order valence-corrected chi connectivity index (χ0v) is 8.43. The molecular weight excluding hydrogens is 237 g/mol. The zero-order chi connectivity index (χ0) is 8.55. The molecule has 0 saturated heterocycles. The van der Waals surface area contributed by atoms with E-state index in [1.807, 2.05) is 24.3 Å².